The minimum atomic E-state index is 0.620. The third-order valence-electron chi connectivity index (χ3n) is 3.82. The first-order valence-corrected chi connectivity index (χ1v) is 8.47. The molecule has 3 aromatic rings. The molecule has 0 spiro atoms. The largest absolute Gasteiger partial charge is 0.383 e. The molecule has 8 heteroatoms. The second-order valence-electron chi connectivity index (χ2n) is 5.88. The minimum Gasteiger partial charge on any atom is -0.383 e. The molecule has 0 radical (unpaired) electrons. The molecule has 132 valence electrons. The van der Waals surface area contributed by atoms with E-state index in [2.05, 4.69) is 15.1 Å². The predicted octanol–water partition coefficient (Wildman–Crippen LogP) is 2.34. The van der Waals surface area contributed by atoms with Crippen LogP contribution in [0, 0.1) is 4.77 Å². The molecule has 0 aliphatic rings. The highest BCUT2D eigenvalue weighted by Gasteiger charge is 2.07. The highest BCUT2D eigenvalue weighted by atomic mass is 32.1. The van der Waals surface area contributed by atoms with Gasteiger partial charge in [-0.15, -0.1) is 0 Å². The van der Waals surface area contributed by atoms with E-state index in [1.54, 1.807) is 13.4 Å². The van der Waals surface area contributed by atoms with Gasteiger partial charge in [-0.1, -0.05) is 18.2 Å². The van der Waals surface area contributed by atoms with E-state index in [9.17, 15) is 0 Å². The molecule has 2 heterocycles. The maximum Gasteiger partial charge on any atom is 0.198 e. The number of hydrogen-bond donors (Lipinski definition) is 0. The van der Waals surface area contributed by atoms with Gasteiger partial charge >= 0.3 is 0 Å². The molecule has 25 heavy (non-hydrogen) atoms. The lowest BCUT2D eigenvalue weighted by Crippen LogP contribution is -2.22. The van der Waals surface area contributed by atoms with E-state index in [1.165, 1.54) is 0 Å². The minimum absolute atomic E-state index is 0.620. The lowest BCUT2D eigenvalue weighted by Gasteiger charge is -2.15. The van der Waals surface area contributed by atoms with Crippen molar-refractivity contribution < 1.29 is 4.74 Å². The van der Waals surface area contributed by atoms with Crippen LogP contribution in [0.5, 0.6) is 0 Å². The van der Waals surface area contributed by atoms with Crippen molar-refractivity contribution in [2.75, 3.05) is 20.8 Å². The van der Waals surface area contributed by atoms with Crippen molar-refractivity contribution >= 4 is 12.2 Å². The van der Waals surface area contributed by atoms with Crippen LogP contribution < -0.4 is 0 Å². The van der Waals surface area contributed by atoms with E-state index in [-0.39, 0.29) is 0 Å². The van der Waals surface area contributed by atoms with Crippen molar-refractivity contribution in [1.29, 1.82) is 0 Å². The molecule has 0 saturated carbocycles. The van der Waals surface area contributed by atoms with Crippen LogP contribution in [0.3, 0.4) is 0 Å². The van der Waals surface area contributed by atoms with Gasteiger partial charge < -0.3 is 9.30 Å². The Morgan fingerprint density at radius 3 is 2.76 bits per heavy atom. The van der Waals surface area contributed by atoms with Gasteiger partial charge in [-0.3, -0.25) is 4.90 Å². The zero-order chi connectivity index (χ0) is 17.6. The maximum atomic E-state index is 5.45. The van der Waals surface area contributed by atoms with Gasteiger partial charge in [-0.2, -0.15) is 10.2 Å². The van der Waals surface area contributed by atoms with Crippen molar-refractivity contribution in [3.8, 4) is 5.69 Å². The molecule has 0 unspecified atom stereocenters. The van der Waals surface area contributed by atoms with Crippen molar-refractivity contribution in [2.24, 2.45) is 0 Å². The summed E-state index contributed by atoms with van der Waals surface area (Å²) in [6.45, 7) is 2.71. The number of para-hydroxylation sites is 1. The van der Waals surface area contributed by atoms with Gasteiger partial charge in [0.05, 0.1) is 25.2 Å². The molecular weight excluding hydrogens is 336 g/mol. The number of benzene rings is 1. The average molecular weight is 358 g/mol. The van der Waals surface area contributed by atoms with E-state index in [4.69, 9.17) is 17.0 Å². The Morgan fingerprint density at radius 2 is 2.00 bits per heavy atom. The van der Waals surface area contributed by atoms with E-state index in [1.807, 2.05) is 63.7 Å². The van der Waals surface area contributed by atoms with Gasteiger partial charge in [-0.05, 0) is 31.4 Å². The average Bonchev–Trinajstić information content (AvgIpc) is 3.22. The first-order chi connectivity index (χ1) is 12.2. The fourth-order valence-corrected chi connectivity index (χ4v) is 2.81. The summed E-state index contributed by atoms with van der Waals surface area (Å²) in [5.74, 6) is 0. The molecule has 2 aromatic heterocycles. The van der Waals surface area contributed by atoms with Crippen LogP contribution in [-0.2, 0) is 24.5 Å². The Labute approximate surface area is 152 Å². The number of nitrogens with zero attached hydrogens (tertiary/aromatic N) is 6. The van der Waals surface area contributed by atoms with E-state index < -0.39 is 0 Å². The Bertz CT molecular complexity index is 853. The molecule has 0 saturated heterocycles. The number of methoxy groups -OCH3 is 1. The van der Waals surface area contributed by atoms with Crippen molar-refractivity contribution in [3.05, 3.63) is 59.4 Å². The van der Waals surface area contributed by atoms with Gasteiger partial charge in [-0.25, -0.2) is 9.36 Å². The van der Waals surface area contributed by atoms with Crippen molar-refractivity contribution in [1.82, 2.24) is 29.0 Å². The molecule has 0 N–H and O–H groups in total. The molecule has 0 amide bonds. The van der Waals surface area contributed by atoms with Crippen molar-refractivity contribution in [3.63, 3.8) is 0 Å². The summed E-state index contributed by atoms with van der Waals surface area (Å²) < 4.78 is 11.4. The Kier molecular flexibility index (Phi) is 5.75. The second-order valence-corrected chi connectivity index (χ2v) is 6.25. The summed E-state index contributed by atoms with van der Waals surface area (Å²) in [7, 11) is 3.72. The quantitative estimate of drug-likeness (QED) is 0.579. The lowest BCUT2D eigenvalue weighted by atomic mass is 10.3. The second kappa shape index (κ2) is 8.19. The van der Waals surface area contributed by atoms with Gasteiger partial charge in [0.25, 0.3) is 0 Å². The number of hydrogen-bond acceptors (Lipinski definition) is 5. The van der Waals surface area contributed by atoms with Gasteiger partial charge in [0, 0.05) is 32.0 Å². The van der Waals surface area contributed by atoms with Crippen molar-refractivity contribution in [2.45, 2.75) is 19.8 Å². The molecule has 1 aromatic carbocycles. The molecule has 0 aliphatic heterocycles. The monoisotopic (exact) mass is 358 g/mol. The number of ether oxygens (including phenoxy) is 1. The first kappa shape index (κ1) is 17.5. The number of rotatable bonds is 8. The van der Waals surface area contributed by atoms with E-state index in [0.29, 0.717) is 24.6 Å². The summed E-state index contributed by atoms with van der Waals surface area (Å²) in [4.78, 5) is 2.15. The summed E-state index contributed by atoms with van der Waals surface area (Å²) in [6, 6.07) is 10.1. The van der Waals surface area contributed by atoms with Gasteiger partial charge in [0.15, 0.2) is 4.77 Å². The zero-order valence-electron chi connectivity index (χ0n) is 14.4. The summed E-state index contributed by atoms with van der Waals surface area (Å²) in [5.41, 5.74) is 2.19. The Hall–Kier alpha value is -2.29. The molecule has 0 bridgehead atoms. The summed E-state index contributed by atoms with van der Waals surface area (Å²) in [6.07, 6.45) is 5.69. The van der Waals surface area contributed by atoms with Gasteiger partial charge in [0.1, 0.15) is 6.33 Å². The smallest absolute Gasteiger partial charge is 0.198 e. The normalized spacial score (nSPS) is 11.3. The molecule has 0 fully saturated rings. The fraction of sp³-hybridized carbons (Fsp3) is 0.353. The van der Waals surface area contributed by atoms with Crippen LogP contribution in [-0.4, -0.2) is 49.8 Å². The molecule has 0 atom stereocenters. The van der Waals surface area contributed by atoms with E-state index >= 15 is 0 Å². The summed E-state index contributed by atoms with van der Waals surface area (Å²) >= 11 is 5.45. The molecular formula is C17H22N6OS. The van der Waals surface area contributed by atoms with E-state index in [0.717, 1.165) is 17.8 Å². The SMILES string of the molecule is COCCn1cnn(CN(C)Cc2cnn(-c3ccccc3)c2)c1=S. The Balaban J connectivity index is 1.62. The third-order valence-corrected chi connectivity index (χ3v) is 4.26. The van der Waals surface area contributed by atoms with Crippen LogP contribution in [0.15, 0.2) is 49.1 Å². The Morgan fingerprint density at radius 1 is 1.20 bits per heavy atom. The van der Waals surface area contributed by atoms with Crippen LogP contribution in [0.4, 0.5) is 0 Å². The molecule has 7 nitrogen and oxygen atoms in total. The maximum absolute atomic E-state index is 5.45. The zero-order valence-corrected chi connectivity index (χ0v) is 15.3. The van der Waals surface area contributed by atoms with Gasteiger partial charge in [0.2, 0.25) is 0 Å². The van der Waals surface area contributed by atoms with Crippen LogP contribution >= 0.6 is 12.2 Å². The standard InChI is InChI=1S/C17H22N6OS/c1-20(14-23-17(25)21(13-19-23)8-9-24-2)11-15-10-18-22(12-15)16-6-4-3-5-7-16/h3-7,10,12-13H,8-9,11,14H2,1-2H3. The van der Waals surface area contributed by atoms with Crippen LogP contribution in [0.25, 0.3) is 5.69 Å². The number of aromatic nitrogens is 5. The molecule has 0 aliphatic carbocycles. The topological polar surface area (TPSA) is 53.0 Å². The third kappa shape index (κ3) is 4.41. The highest BCUT2D eigenvalue weighted by Crippen LogP contribution is 2.09. The first-order valence-electron chi connectivity index (χ1n) is 8.06. The van der Waals surface area contributed by atoms with Crippen LogP contribution in [0.2, 0.25) is 0 Å². The highest BCUT2D eigenvalue weighted by molar-refractivity contribution is 7.71. The fourth-order valence-electron chi connectivity index (χ4n) is 2.57. The molecule has 3 rings (SSSR count). The summed E-state index contributed by atoms with van der Waals surface area (Å²) in [5, 5.41) is 8.79. The predicted molar refractivity (Wildman–Crippen MR) is 98.0 cm³/mol. The lowest BCUT2D eigenvalue weighted by molar-refractivity contribution is 0.186. The van der Waals surface area contributed by atoms with Crippen LogP contribution in [0.1, 0.15) is 5.56 Å².